The van der Waals surface area contributed by atoms with Crippen molar-refractivity contribution in [3.8, 4) is 0 Å². The zero-order valence-electron chi connectivity index (χ0n) is 12.5. The summed E-state index contributed by atoms with van der Waals surface area (Å²) in [6.07, 6.45) is 7.47. The van der Waals surface area contributed by atoms with Crippen LogP contribution in [0.2, 0.25) is 0 Å². The van der Waals surface area contributed by atoms with Gasteiger partial charge < -0.3 is 0 Å². The predicted molar refractivity (Wildman–Crippen MR) is 80.6 cm³/mol. The first-order chi connectivity index (χ1) is 8.99. The standard InChI is InChI=1S/C18H26O/c1-14(19)13-18(2,3)17-11-9-16(10-12-17)15-7-5-4-6-8-15/h9-12,15H,4-8,13H2,1-3H3. The third kappa shape index (κ3) is 3.68. The molecule has 104 valence electrons. The average molecular weight is 258 g/mol. The second-order valence-electron chi connectivity index (χ2n) is 6.72. The maximum atomic E-state index is 11.3. The highest BCUT2D eigenvalue weighted by molar-refractivity contribution is 5.77. The molecule has 0 heterocycles. The van der Waals surface area contributed by atoms with E-state index in [2.05, 4.69) is 38.1 Å². The van der Waals surface area contributed by atoms with E-state index in [0.29, 0.717) is 6.42 Å². The van der Waals surface area contributed by atoms with E-state index in [0.717, 1.165) is 5.92 Å². The van der Waals surface area contributed by atoms with Crippen LogP contribution < -0.4 is 0 Å². The number of carbonyl (C=O) groups is 1. The fraction of sp³-hybridized carbons (Fsp3) is 0.611. The highest BCUT2D eigenvalue weighted by atomic mass is 16.1. The molecule has 1 heteroatoms. The molecule has 1 nitrogen and oxygen atoms in total. The van der Waals surface area contributed by atoms with Crippen LogP contribution in [0, 0.1) is 0 Å². The van der Waals surface area contributed by atoms with Crippen molar-refractivity contribution in [1.29, 1.82) is 0 Å². The number of ketones is 1. The molecule has 0 radical (unpaired) electrons. The Hall–Kier alpha value is -1.11. The molecule has 0 spiro atoms. The highest BCUT2D eigenvalue weighted by Crippen LogP contribution is 2.34. The lowest BCUT2D eigenvalue weighted by molar-refractivity contribution is -0.118. The maximum Gasteiger partial charge on any atom is 0.130 e. The van der Waals surface area contributed by atoms with Crippen LogP contribution in [0.5, 0.6) is 0 Å². The number of Topliss-reactive ketones (excluding diaryl/α,β-unsaturated/α-hetero) is 1. The van der Waals surface area contributed by atoms with E-state index in [-0.39, 0.29) is 11.2 Å². The minimum atomic E-state index is -0.0447. The van der Waals surface area contributed by atoms with Crippen LogP contribution in [0.25, 0.3) is 0 Å². The van der Waals surface area contributed by atoms with E-state index in [9.17, 15) is 4.79 Å². The second kappa shape index (κ2) is 5.90. The van der Waals surface area contributed by atoms with Gasteiger partial charge >= 0.3 is 0 Å². The molecule has 0 N–H and O–H groups in total. The average Bonchev–Trinajstić information content (AvgIpc) is 2.38. The Balaban J connectivity index is 2.11. The molecule has 1 saturated carbocycles. The third-order valence-electron chi connectivity index (χ3n) is 4.46. The third-order valence-corrected chi connectivity index (χ3v) is 4.46. The van der Waals surface area contributed by atoms with Crippen LogP contribution >= 0.6 is 0 Å². The molecule has 1 aliphatic rings. The second-order valence-corrected chi connectivity index (χ2v) is 6.72. The number of benzene rings is 1. The lowest BCUT2D eigenvalue weighted by Crippen LogP contribution is -2.20. The largest absolute Gasteiger partial charge is 0.300 e. The van der Waals surface area contributed by atoms with E-state index in [1.807, 2.05) is 0 Å². The lowest BCUT2D eigenvalue weighted by atomic mass is 9.78. The summed E-state index contributed by atoms with van der Waals surface area (Å²) in [5.74, 6) is 1.03. The molecule has 2 rings (SSSR count). The van der Waals surface area contributed by atoms with Crippen molar-refractivity contribution in [2.45, 2.75) is 70.6 Å². The Labute approximate surface area is 117 Å². The quantitative estimate of drug-likeness (QED) is 0.743. The van der Waals surface area contributed by atoms with Gasteiger partial charge in [-0.15, -0.1) is 0 Å². The number of carbonyl (C=O) groups excluding carboxylic acids is 1. The molecular formula is C18H26O. The number of hydrogen-bond acceptors (Lipinski definition) is 1. The van der Waals surface area contributed by atoms with Gasteiger partial charge in [0.05, 0.1) is 0 Å². The van der Waals surface area contributed by atoms with Crippen molar-refractivity contribution in [1.82, 2.24) is 0 Å². The van der Waals surface area contributed by atoms with E-state index in [4.69, 9.17) is 0 Å². The number of hydrogen-bond donors (Lipinski definition) is 0. The summed E-state index contributed by atoms with van der Waals surface area (Å²) in [6.45, 7) is 5.99. The molecule has 0 bridgehead atoms. The van der Waals surface area contributed by atoms with Crippen molar-refractivity contribution >= 4 is 5.78 Å². The van der Waals surface area contributed by atoms with E-state index >= 15 is 0 Å². The normalized spacial score (nSPS) is 17.4. The summed E-state index contributed by atoms with van der Waals surface area (Å²) >= 11 is 0. The molecule has 0 atom stereocenters. The van der Waals surface area contributed by atoms with E-state index < -0.39 is 0 Å². The van der Waals surface area contributed by atoms with Gasteiger partial charge in [-0.05, 0) is 42.2 Å². The van der Waals surface area contributed by atoms with Crippen molar-refractivity contribution in [2.24, 2.45) is 0 Å². The number of rotatable bonds is 4. The van der Waals surface area contributed by atoms with Gasteiger partial charge in [0.15, 0.2) is 0 Å². The summed E-state index contributed by atoms with van der Waals surface area (Å²) in [4.78, 5) is 11.3. The van der Waals surface area contributed by atoms with E-state index in [1.54, 1.807) is 6.92 Å². The molecule has 1 fully saturated rings. The van der Waals surface area contributed by atoms with E-state index in [1.165, 1.54) is 43.2 Å². The molecule has 0 aliphatic heterocycles. The first-order valence-electron chi connectivity index (χ1n) is 7.59. The molecule has 19 heavy (non-hydrogen) atoms. The molecule has 1 aromatic rings. The lowest BCUT2D eigenvalue weighted by Gasteiger charge is -2.26. The molecular weight excluding hydrogens is 232 g/mol. The minimum Gasteiger partial charge on any atom is -0.300 e. The zero-order chi connectivity index (χ0) is 13.9. The summed E-state index contributed by atoms with van der Waals surface area (Å²) in [6, 6.07) is 9.03. The summed E-state index contributed by atoms with van der Waals surface area (Å²) in [7, 11) is 0. The smallest absolute Gasteiger partial charge is 0.130 e. The molecule has 0 amide bonds. The molecule has 0 aromatic heterocycles. The fourth-order valence-corrected chi connectivity index (χ4v) is 3.37. The first-order valence-corrected chi connectivity index (χ1v) is 7.59. The Morgan fingerprint density at radius 3 is 2.21 bits per heavy atom. The summed E-state index contributed by atoms with van der Waals surface area (Å²) < 4.78 is 0. The van der Waals surface area contributed by atoms with Crippen LogP contribution in [0.15, 0.2) is 24.3 Å². The minimum absolute atomic E-state index is 0.0447. The van der Waals surface area contributed by atoms with Crippen LogP contribution in [0.4, 0.5) is 0 Å². The SMILES string of the molecule is CC(=O)CC(C)(C)c1ccc(C2CCCCC2)cc1. The van der Waals surface area contributed by atoms with Gasteiger partial charge in [0.25, 0.3) is 0 Å². The zero-order valence-corrected chi connectivity index (χ0v) is 12.5. The van der Waals surface area contributed by atoms with Crippen LogP contribution in [0.3, 0.4) is 0 Å². The topological polar surface area (TPSA) is 17.1 Å². The van der Waals surface area contributed by atoms with Gasteiger partial charge in [-0.2, -0.15) is 0 Å². The molecule has 1 aliphatic carbocycles. The summed E-state index contributed by atoms with van der Waals surface area (Å²) in [5.41, 5.74) is 2.72. The highest BCUT2D eigenvalue weighted by Gasteiger charge is 2.23. The van der Waals surface area contributed by atoms with Gasteiger partial charge in [0.1, 0.15) is 5.78 Å². The molecule has 1 aromatic carbocycles. The van der Waals surface area contributed by atoms with Gasteiger partial charge in [0.2, 0.25) is 0 Å². The van der Waals surface area contributed by atoms with Crippen LogP contribution in [0.1, 0.15) is 76.3 Å². The van der Waals surface area contributed by atoms with Crippen LogP contribution in [-0.4, -0.2) is 5.78 Å². The predicted octanol–water partition coefficient (Wildman–Crippen LogP) is 4.99. The van der Waals surface area contributed by atoms with Gasteiger partial charge in [-0.3, -0.25) is 4.79 Å². The van der Waals surface area contributed by atoms with Gasteiger partial charge in [0, 0.05) is 6.42 Å². The maximum absolute atomic E-state index is 11.3. The van der Waals surface area contributed by atoms with Gasteiger partial charge in [-0.1, -0.05) is 57.4 Å². The molecule has 0 unspecified atom stereocenters. The summed E-state index contributed by atoms with van der Waals surface area (Å²) in [5, 5.41) is 0. The Morgan fingerprint density at radius 2 is 1.68 bits per heavy atom. The van der Waals surface area contributed by atoms with Crippen molar-refractivity contribution < 1.29 is 4.79 Å². The van der Waals surface area contributed by atoms with Crippen LogP contribution in [-0.2, 0) is 10.2 Å². The van der Waals surface area contributed by atoms with Gasteiger partial charge in [-0.25, -0.2) is 0 Å². The Kier molecular flexibility index (Phi) is 4.44. The van der Waals surface area contributed by atoms with Crippen molar-refractivity contribution in [3.63, 3.8) is 0 Å². The van der Waals surface area contributed by atoms with Crippen molar-refractivity contribution in [3.05, 3.63) is 35.4 Å². The Morgan fingerprint density at radius 1 is 1.11 bits per heavy atom. The monoisotopic (exact) mass is 258 g/mol. The Bertz CT molecular complexity index is 422. The molecule has 0 saturated heterocycles. The first kappa shape index (κ1) is 14.3. The fourth-order valence-electron chi connectivity index (χ4n) is 3.37. The van der Waals surface area contributed by atoms with Crippen molar-refractivity contribution in [2.75, 3.05) is 0 Å².